The molecule has 10 nitrogen and oxygen atoms in total. The summed E-state index contributed by atoms with van der Waals surface area (Å²) in [5, 5.41) is 0. The van der Waals surface area contributed by atoms with Gasteiger partial charge in [-0.25, -0.2) is 0 Å². The minimum Gasteiger partial charge on any atom is -0.379 e. The highest BCUT2D eigenvalue weighted by molar-refractivity contribution is 6.60. The molecular weight excluding hydrogens is 440 g/mol. The molecule has 0 radical (unpaired) electrons. The molecule has 0 N–H and O–H groups in total. The van der Waals surface area contributed by atoms with Crippen molar-refractivity contribution in [2.75, 3.05) is 74.2 Å². The topological polar surface area (TPSA) is 98.9 Å². The van der Waals surface area contributed by atoms with Crippen molar-refractivity contribution in [3.05, 3.63) is 0 Å². The molecule has 3 atom stereocenters. The SMILES string of the molecule is CCO[Si](CCCOCC1CO1)(OCC)OC(CCCOCC1CO1)C(OC)(OC)OC. The van der Waals surface area contributed by atoms with E-state index in [9.17, 15) is 0 Å². The van der Waals surface area contributed by atoms with Crippen LogP contribution in [-0.4, -0.2) is 107 Å². The molecule has 3 unspecified atom stereocenters. The van der Waals surface area contributed by atoms with E-state index in [1.54, 1.807) is 0 Å². The minimum atomic E-state index is -3.07. The molecule has 0 bridgehead atoms. The normalized spacial score (nSPS) is 21.7. The van der Waals surface area contributed by atoms with E-state index >= 15 is 0 Å². The first-order valence-corrected chi connectivity index (χ1v) is 13.5. The Balaban J connectivity index is 2.00. The molecule has 0 spiro atoms. The van der Waals surface area contributed by atoms with Gasteiger partial charge in [-0.15, -0.1) is 0 Å². The summed E-state index contributed by atoms with van der Waals surface area (Å²) < 4.78 is 57.5. The molecule has 2 rings (SSSR count). The summed E-state index contributed by atoms with van der Waals surface area (Å²) in [6.45, 7) is 8.76. The van der Waals surface area contributed by atoms with Crippen LogP contribution in [0.25, 0.3) is 0 Å². The molecule has 2 fully saturated rings. The van der Waals surface area contributed by atoms with E-state index in [0.717, 1.165) is 26.1 Å². The van der Waals surface area contributed by atoms with Gasteiger partial charge < -0.3 is 46.4 Å². The number of hydrogen-bond donors (Lipinski definition) is 0. The average Bonchev–Trinajstić information content (AvgIpc) is 3.70. The smallest absolute Gasteiger partial charge is 0.379 e. The lowest BCUT2D eigenvalue weighted by atomic mass is 10.1. The Labute approximate surface area is 193 Å². The van der Waals surface area contributed by atoms with Crippen LogP contribution in [0.2, 0.25) is 6.04 Å². The van der Waals surface area contributed by atoms with Crippen molar-refractivity contribution in [1.82, 2.24) is 0 Å². The van der Waals surface area contributed by atoms with Crippen LogP contribution >= 0.6 is 0 Å². The quantitative estimate of drug-likeness (QED) is 0.0985. The fourth-order valence-corrected chi connectivity index (χ4v) is 6.22. The lowest BCUT2D eigenvalue weighted by molar-refractivity contribution is -0.388. The Bertz CT molecular complexity index is 471. The third-order valence-corrected chi connectivity index (χ3v) is 8.30. The van der Waals surface area contributed by atoms with Gasteiger partial charge in [-0.3, -0.25) is 0 Å². The summed E-state index contributed by atoms with van der Waals surface area (Å²) in [5.74, 6) is -1.38. The number of methoxy groups -OCH3 is 3. The summed E-state index contributed by atoms with van der Waals surface area (Å²) in [5.41, 5.74) is 0. The lowest BCUT2D eigenvalue weighted by Gasteiger charge is -2.40. The van der Waals surface area contributed by atoms with Crippen LogP contribution in [-0.2, 0) is 46.4 Å². The van der Waals surface area contributed by atoms with E-state index in [0.29, 0.717) is 52.1 Å². The van der Waals surface area contributed by atoms with Crippen LogP contribution < -0.4 is 0 Å². The van der Waals surface area contributed by atoms with Gasteiger partial charge in [-0.1, -0.05) is 0 Å². The van der Waals surface area contributed by atoms with Gasteiger partial charge in [0.1, 0.15) is 18.3 Å². The highest BCUT2D eigenvalue weighted by Gasteiger charge is 2.50. The van der Waals surface area contributed by atoms with E-state index in [1.807, 2.05) is 13.8 Å². The largest absolute Gasteiger partial charge is 0.501 e. The fraction of sp³-hybridized carbons (Fsp3) is 1.00. The van der Waals surface area contributed by atoms with E-state index in [2.05, 4.69) is 0 Å². The second-order valence-electron chi connectivity index (χ2n) is 7.68. The first-order valence-electron chi connectivity index (χ1n) is 11.6. The lowest BCUT2D eigenvalue weighted by Crippen LogP contribution is -2.57. The molecule has 190 valence electrons. The van der Waals surface area contributed by atoms with Crippen LogP contribution in [0.5, 0.6) is 0 Å². The molecule has 0 aromatic carbocycles. The Morgan fingerprint density at radius 1 is 0.844 bits per heavy atom. The van der Waals surface area contributed by atoms with Crippen molar-refractivity contribution in [3.8, 4) is 0 Å². The predicted octanol–water partition coefficient (Wildman–Crippen LogP) is 1.98. The van der Waals surface area contributed by atoms with E-state index in [1.165, 1.54) is 21.3 Å². The van der Waals surface area contributed by atoms with Crippen LogP contribution in [0.4, 0.5) is 0 Å². The zero-order valence-corrected chi connectivity index (χ0v) is 21.3. The average molecular weight is 483 g/mol. The molecule has 0 saturated carbocycles. The van der Waals surface area contributed by atoms with Crippen molar-refractivity contribution in [3.63, 3.8) is 0 Å². The summed E-state index contributed by atoms with van der Waals surface area (Å²) in [6, 6.07) is 0.611. The third kappa shape index (κ3) is 9.59. The molecule has 11 heteroatoms. The van der Waals surface area contributed by atoms with Gasteiger partial charge in [-0.2, -0.15) is 0 Å². The molecule has 2 saturated heterocycles. The van der Waals surface area contributed by atoms with Crippen LogP contribution in [0.3, 0.4) is 0 Å². The van der Waals surface area contributed by atoms with Crippen LogP contribution in [0, 0.1) is 0 Å². The molecule has 2 heterocycles. The van der Waals surface area contributed by atoms with Gasteiger partial charge in [0.2, 0.25) is 0 Å². The Morgan fingerprint density at radius 3 is 1.78 bits per heavy atom. The number of ether oxygens (including phenoxy) is 7. The summed E-state index contributed by atoms with van der Waals surface area (Å²) in [6.07, 6.45) is 1.96. The van der Waals surface area contributed by atoms with Gasteiger partial charge >= 0.3 is 14.8 Å². The number of epoxide rings is 2. The summed E-state index contributed by atoms with van der Waals surface area (Å²) in [4.78, 5) is 0. The van der Waals surface area contributed by atoms with Gasteiger partial charge in [0.05, 0.1) is 26.4 Å². The Morgan fingerprint density at radius 2 is 1.34 bits per heavy atom. The third-order valence-electron chi connectivity index (χ3n) is 5.24. The molecule has 32 heavy (non-hydrogen) atoms. The molecular formula is C21H42O10Si. The summed E-state index contributed by atoms with van der Waals surface area (Å²) >= 11 is 0. The molecule has 2 aliphatic heterocycles. The maximum atomic E-state index is 6.60. The molecule has 0 aromatic heterocycles. The second kappa shape index (κ2) is 14.9. The van der Waals surface area contributed by atoms with Crippen LogP contribution in [0.1, 0.15) is 33.1 Å². The number of hydrogen-bond acceptors (Lipinski definition) is 10. The molecule has 0 aromatic rings. The van der Waals surface area contributed by atoms with Crippen molar-refractivity contribution < 1.29 is 46.4 Å². The first-order chi connectivity index (χ1) is 15.6. The standard InChI is InChI=1S/C21H42O10Si/c1-6-29-32(30-7-2,13-9-12-26-15-19-17-28-19)31-20(21(22-3,23-4)24-5)10-8-11-25-14-18-16-27-18/h18-20H,6-17H2,1-5H3. The fourth-order valence-electron chi connectivity index (χ4n) is 3.44. The zero-order valence-electron chi connectivity index (χ0n) is 20.3. The van der Waals surface area contributed by atoms with E-state index < -0.39 is 20.9 Å². The first kappa shape index (κ1) is 28.1. The van der Waals surface area contributed by atoms with Crippen molar-refractivity contribution >= 4 is 8.80 Å². The number of rotatable bonds is 22. The monoisotopic (exact) mass is 482 g/mol. The molecule has 0 aliphatic carbocycles. The maximum absolute atomic E-state index is 6.60. The van der Waals surface area contributed by atoms with E-state index in [4.69, 9.17) is 46.4 Å². The predicted molar refractivity (Wildman–Crippen MR) is 117 cm³/mol. The van der Waals surface area contributed by atoms with Crippen molar-refractivity contribution in [2.24, 2.45) is 0 Å². The van der Waals surface area contributed by atoms with Gasteiger partial charge in [0.15, 0.2) is 0 Å². The van der Waals surface area contributed by atoms with Crippen molar-refractivity contribution in [1.29, 1.82) is 0 Å². The van der Waals surface area contributed by atoms with Gasteiger partial charge in [0.25, 0.3) is 0 Å². The maximum Gasteiger partial charge on any atom is 0.501 e. The summed E-state index contributed by atoms with van der Waals surface area (Å²) in [7, 11) is 1.52. The molecule has 2 aliphatic rings. The van der Waals surface area contributed by atoms with Gasteiger partial charge in [-0.05, 0) is 33.1 Å². The highest BCUT2D eigenvalue weighted by atomic mass is 28.4. The zero-order chi connectivity index (χ0) is 23.3. The van der Waals surface area contributed by atoms with Gasteiger partial charge in [0, 0.05) is 53.8 Å². The highest BCUT2D eigenvalue weighted by Crippen LogP contribution is 2.30. The second-order valence-corrected chi connectivity index (χ2v) is 10.4. The minimum absolute atomic E-state index is 0.239. The Hall–Kier alpha value is -0.183. The molecule has 0 amide bonds. The van der Waals surface area contributed by atoms with E-state index in [-0.39, 0.29) is 12.2 Å². The Kier molecular flexibility index (Phi) is 13.1. The van der Waals surface area contributed by atoms with Crippen LogP contribution in [0.15, 0.2) is 0 Å². The van der Waals surface area contributed by atoms with Crippen molar-refractivity contribution in [2.45, 2.75) is 63.4 Å².